The molecule has 0 radical (unpaired) electrons. The van der Waals surface area contributed by atoms with Gasteiger partial charge in [-0.15, -0.1) is 0 Å². The number of ether oxygens (including phenoxy) is 2. The van der Waals surface area contributed by atoms with Crippen molar-refractivity contribution in [3.8, 4) is 0 Å². The zero-order valence-electron chi connectivity index (χ0n) is 17.5. The summed E-state index contributed by atoms with van der Waals surface area (Å²) < 4.78 is 23.8. The predicted molar refractivity (Wildman–Crippen MR) is 110 cm³/mol. The summed E-state index contributed by atoms with van der Waals surface area (Å²) in [6.45, 7) is -0.334. The van der Waals surface area contributed by atoms with Gasteiger partial charge in [-0.1, -0.05) is 30.3 Å². The first kappa shape index (κ1) is 24.3. The Kier molecular flexibility index (Phi) is 8.70. The number of nitrogens with zero attached hydrogens (tertiary/aromatic N) is 1. The number of carboxylic acid groups (broad SMARTS) is 1. The summed E-state index contributed by atoms with van der Waals surface area (Å²) in [7, 11) is 2.46. The molecular formula is C22H23FN2O7. The van der Waals surface area contributed by atoms with E-state index < -0.39 is 42.2 Å². The van der Waals surface area contributed by atoms with Crippen molar-refractivity contribution >= 4 is 23.9 Å². The third-order valence-electron chi connectivity index (χ3n) is 4.48. The Morgan fingerprint density at radius 3 is 2.44 bits per heavy atom. The van der Waals surface area contributed by atoms with E-state index in [0.717, 1.165) is 35.8 Å². The van der Waals surface area contributed by atoms with Crippen LogP contribution in [0, 0.1) is 5.82 Å². The number of amides is 2. The average Bonchev–Trinajstić information content (AvgIpc) is 2.78. The van der Waals surface area contributed by atoms with Gasteiger partial charge < -0.3 is 24.8 Å². The lowest BCUT2D eigenvalue weighted by Crippen LogP contribution is -2.48. The SMILES string of the molecule is COC(=O)C[C@H](NC(=O)OCc1ccccc1)C(=O)N(C)Cc1cc(C(=O)O)ccc1F. The molecule has 0 saturated carbocycles. The number of likely N-dealkylation sites (N-methyl/N-ethyl adjacent to an activating group) is 1. The Morgan fingerprint density at radius 1 is 1.12 bits per heavy atom. The molecule has 0 spiro atoms. The molecule has 10 heteroatoms. The van der Waals surface area contributed by atoms with E-state index in [1.807, 2.05) is 0 Å². The summed E-state index contributed by atoms with van der Waals surface area (Å²) in [5, 5.41) is 11.4. The number of halogens is 1. The number of carbonyl (C=O) groups excluding carboxylic acids is 3. The molecule has 32 heavy (non-hydrogen) atoms. The van der Waals surface area contributed by atoms with Gasteiger partial charge in [-0.2, -0.15) is 0 Å². The zero-order chi connectivity index (χ0) is 23.7. The van der Waals surface area contributed by atoms with Gasteiger partial charge in [-0.3, -0.25) is 9.59 Å². The maximum atomic E-state index is 14.1. The second-order valence-electron chi connectivity index (χ2n) is 6.84. The summed E-state index contributed by atoms with van der Waals surface area (Å²) in [6.07, 6.45) is -1.40. The lowest BCUT2D eigenvalue weighted by Gasteiger charge is -2.24. The number of nitrogens with one attached hydrogen (secondary N) is 1. The number of rotatable bonds is 9. The maximum Gasteiger partial charge on any atom is 0.408 e. The molecule has 0 bridgehead atoms. The molecule has 0 unspecified atom stereocenters. The van der Waals surface area contributed by atoms with Crippen LogP contribution in [0.4, 0.5) is 9.18 Å². The second-order valence-corrected chi connectivity index (χ2v) is 6.84. The third kappa shape index (κ3) is 7.08. The van der Waals surface area contributed by atoms with Crippen molar-refractivity contribution in [3.05, 3.63) is 71.0 Å². The molecule has 0 fully saturated rings. The fourth-order valence-corrected chi connectivity index (χ4v) is 2.79. The number of aromatic carboxylic acids is 1. The van der Waals surface area contributed by atoms with E-state index in [0.29, 0.717) is 0 Å². The predicted octanol–water partition coefficient (Wildman–Crippen LogP) is 2.34. The fraction of sp³-hybridized carbons (Fsp3) is 0.273. The number of carboxylic acids is 1. The summed E-state index contributed by atoms with van der Waals surface area (Å²) >= 11 is 0. The quantitative estimate of drug-likeness (QED) is 0.567. The van der Waals surface area contributed by atoms with Crippen molar-refractivity contribution in [2.75, 3.05) is 14.2 Å². The smallest absolute Gasteiger partial charge is 0.408 e. The van der Waals surface area contributed by atoms with Crippen molar-refractivity contribution in [1.82, 2.24) is 10.2 Å². The number of benzene rings is 2. The highest BCUT2D eigenvalue weighted by Crippen LogP contribution is 2.14. The number of carbonyl (C=O) groups is 4. The highest BCUT2D eigenvalue weighted by Gasteiger charge is 2.28. The molecule has 2 aromatic rings. The first-order chi connectivity index (χ1) is 15.2. The average molecular weight is 446 g/mol. The fourth-order valence-electron chi connectivity index (χ4n) is 2.79. The van der Waals surface area contributed by atoms with Crippen LogP contribution >= 0.6 is 0 Å². The van der Waals surface area contributed by atoms with Crippen LogP contribution in [-0.2, 0) is 32.2 Å². The molecule has 2 N–H and O–H groups in total. The lowest BCUT2D eigenvalue weighted by molar-refractivity contribution is -0.144. The molecule has 2 rings (SSSR count). The molecule has 0 aliphatic rings. The van der Waals surface area contributed by atoms with Gasteiger partial charge in [0.15, 0.2) is 0 Å². The standard InChI is InChI=1S/C22H23FN2O7/c1-25(12-16-10-15(21(28)29)8-9-17(16)23)20(27)18(11-19(26)31-2)24-22(30)32-13-14-6-4-3-5-7-14/h3-10,18H,11-13H2,1-2H3,(H,24,30)(H,28,29)/t18-/m0/s1. The molecule has 0 heterocycles. The second kappa shape index (κ2) is 11.4. The third-order valence-corrected chi connectivity index (χ3v) is 4.48. The van der Waals surface area contributed by atoms with Crippen LogP contribution < -0.4 is 5.32 Å². The van der Waals surface area contributed by atoms with Crippen LogP contribution in [0.5, 0.6) is 0 Å². The summed E-state index contributed by atoms with van der Waals surface area (Å²) in [6, 6.07) is 10.7. The first-order valence-corrected chi connectivity index (χ1v) is 9.52. The van der Waals surface area contributed by atoms with Gasteiger partial charge >= 0.3 is 18.0 Å². The van der Waals surface area contributed by atoms with Gasteiger partial charge in [0.05, 0.1) is 19.1 Å². The summed E-state index contributed by atoms with van der Waals surface area (Å²) in [4.78, 5) is 48.9. The van der Waals surface area contributed by atoms with Crippen molar-refractivity contribution in [2.24, 2.45) is 0 Å². The summed E-state index contributed by atoms with van der Waals surface area (Å²) in [5.41, 5.74) is 0.546. The summed E-state index contributed by atoms with van der Waals surface area (Å²) in [5.74, 6) is -3.41. The highest BCUT2D eigenvalue weighted by molar-refractivity contribution is 5.90. The largest absolute Gasteiger partial charge is 0.478 e. The van der Waals surface area contributed by atoms with E-state index in [1.54, 1.807) is 30.3 Å². The molecule has 170 valence electrons. The number of hydrogen-bond acceptors (Lipinski definition) is 6. The Bertz CT molecular complexity index is 981. The van der Waals surface area contributed by atoms with Crippen molar-refractivity contribution in [2.45, 2.75) is 25.6 Å². The van der Waals surface area contributed by atoms with Crippen LogP contribution in [0.25, 0.3) is 0 Å². The van der Waals surface area contributed by atoms with E-state index >= 15 is 0 Å². The first-order valence-electron chi connectivity index (χ1n) is 9.52. The maximum absolute atomic E-state index is 14.1. The number of methoxy groups -OCH3 is 1. The van der Waals surface area contributed by atoms with E-state index in [2.05, 4.69) is 10.1 Å². The molecule has 9 nitrogen and oxygen atoms in total. The highest BCUT2D eigenvalue weighted by atomic mass is 19.1. The van der Waals surface area contributed by atoms with Crippen molar-refractivity contribution < 1.29 is 38.1 Å². The van der Waals surface area contributed by atoms with Gasteiger partial charge in [0.2, 0.25) is 5.91 Å². The minimum absolute atomic E-state index is 0.0378. The molecule has 2 aromatic carbocycles. The van der Waals surface area contributed by atoms with Crippen LogP contribution in [0.3, 0.4) is 0 Å². The van der Waals surface area contributed by atoms with Crippen molar-refractivity contribution in [1.29, 1.82) is 0 Å². The normalized spacial score (nSPS) is 11.2. The van der Waals surface area contributed by atoms with Crippen LogP contribution in [-0.4, -0.2) is 54.1 Å². The Morgan fingerprint density at radius 2 is 1.81 bits per heavy atom. The number of alkyl carbamates (subject to hydrolysis) is 1. The Hall–Kier alpha value is -3.95. The Balaban J connectivity index is 2.08. The molecule has 0 aliphatic heterocycles. The van der Waals surface area contributed by atoms with E-state index in [9.17, 15) is 23.6 Å². The van der Waals surface area contributed by atoms with Crippen LogP contribution in [0.15, 0.2) is 48.5 Å². The monoisotopic (exact) mass is 446 g/mol. The van der Waals surface area contributed by atoms with E-state index in [-0.39, 0.29) is 24.3 Å². The molecule has 0 aromatic heterocycles. The van der Waals surface area contributed by atoms with Crippen molar-refractivity contribution in [3.63, 3.8) is 0 Å². The number of esters is 1. The zero-order valence-corrected chi connectivity index (χ0v) is 17.5. The van der Waals surface area contributed by atoms with E-state index in [1.165, 1.54) is 7.05 Å². The molecule has 0 saturated heterocycles. The lowest BCUT2D eigenvalue weighted by atomic mass is 10.1. The molecule has 2 amide bonds. The molecular weight excluding hydrogens is 423 g/mol. The molecule has 1 atom stereocenters. The van der Waals surface area contributed by atoms with E-state index in [4.69, 9.17) is 9.84 Å². The Labute approximate surface area is 183 Å². The minimum Gasteiger partial charge on any atom is -0.478 e. The van der Waals surface area contributed by atoms with Gasteiger partial charge in [0, 0.05) is 19.2 Å². The van der Waals surface area contributed by atoms with Gasteiger partial charge in [-0.05, 0) is 23.8 Å². The van der Waals surface area contributed by atoms with Gasteiger partial charge in [0.1, 0.15) is 18.5 Å². The topological polar surface area (TPSA) is 122 Å². The molecule has 0 aliphatic carbocycles. The van der Waals surface area contributed by atoms with Crippen LogP contribution in [0.1, 0.15) is 27.9 Å². The number of hydrogen-bond donors (Lipinski definition) is 2. The van der Waals surface area contributed by atoms with Crippen LogP contribution in [0.2, 0.25) is 0 Å². The van der Waals surface area contributed by atoms with Gasteiger partial charge in [0.25, 0.3) is 0 Å². The minimum atomic E-state index is -1.33. The van der Waals surface area contributed by atoms with Gasteiger partial charge in [-0.25, -0.2) is 14.0 Å².